The summed E-state index contributed by atoms with van der Waals surface area (Å²) in [5.74, 6) is 0.860. The Kier molecular flexibility index (Phi) is 4.68. The van der Waals surface area contributed by atoms with Gasteiger partial charge in [0.2, 0.25) is 0 Å². The quantitative estimate of drug-likeness (QED) is 0.864. The zero-order valence-corrected chi connectivity index (χ0v) is 11.6. The van der Waals surface area contributed by atoms with Crippen molar-refractivity contribution in [3.8, 4) is 0 Å². The third-order valence-corrected chi connectivity index (χ3v) is 3.30. The molecule has 4 heteroatoms. The molecule has 102 valence electrons. The summed E-state index contributed by atoms with van der Waals surface area (Å²) < 4.78 is 1.83. The van der Waals surface area contributed by atoms with Crippen LogP contribution in [-0.4, -0.2) is 26.0 Å². The van der Waals surface area contributed by atoms with E-state index in [2.05, 4.69) is 41.3 Å². The third-order valence-electron chi connectivity index (χ3n) is 3.30. The number of aromatic nitrogens is 3. The van der Waals surface area contributed by atoms with E-state index in [1.807, 2.05) is 11.6 Å². The lowest BCUT2D eigenvalue weighted by Crippen LogP contribution is -2.16. The molecular weight excluding hydrogens is 238 g/mol. The van der Waals surface area contributed by atoms with E-state index >= 15 is 0 Å². The summed E-state index contributed by atoms with van der Waals surface area (Å²) in [5, 5.41) is 14.2. The Bertz CT molecular complexity index is 504. The highest BCUT2D eigenvalue weighted by Crippen LogP contribution is 2.10. The van der Waals surface area contributed by atoms with E-state index < -0.39 is 0 Å². The van der Waals surface area contributed by atoms with Crippen molar-refractivity contribution in [3.05, 3.63) is 47.5 Å². The molecule has 0 aliphatic carbocycles. The second-order valence-corrected chi connectivity index (χ2v) is 4.87. The monoisotopic (exact) mass is 259 g/mol. The van der Waals surface area contributed by atoms with Gasteiger partial charge in [0.15, 0.2) is 0 Å². The van der Waals surface area contributed by atoms with Crippen LogP contribution in [0.25, 0.3) is 0 Å². The highest BCUT2D eigenvalue weighted by molar-refractivity contribution is 5.21. The number of benzene rings is 1. The van der Waals surface area contributed by atoms with Crippen molar-refractivity contribution in [1.82, 2.24) is 14.8 Å². The average molecular weight is 259 g/mol. The van der Waals surface area contributed by atoms with Crippen molar-refractivity contribution >= 4 is 0 Å². The SMILES string of the molecule is CCn1ncnc1CC(O)CCc1ccc(C)cc1. The Morgan fingerprint density at radius 2 is 2.00 bits per heavy atom. The maximum Gasteiger partial charge on any atom is 0.138 e. The summed E-state index contributed by atoms with van der Waals surface area (Å²) in [6, 6.07) is 8.46. The number of aliphatic hydroxyl groups is 1. The molecule has 0 spiro atoms. The molecule has 1 aromatic heterocycles. The van der Waals surface area contributed by atoms with Crippen LogP contribution in [0, 0.1) is 6.92 Å². The van der Waals surface area contributed by atoms with Crippen LogP contribution in [0.15, 0.2) is 30.6 Å². The summed E-state index contributed by atoms with van der Waals surface area (Å²) in [6.07, 6.45) is 3.39. The van der Waals surface area contributed by atoms with Crippen molar-refractivity contribution in [1.29, 1.82) is 0 Å². The van der Waals surface area contributed by atoms with Crippen molar-refractivity contribution < 1.29 is 5.11 Å². The van der Waals surface area contributed by atoms with Gasteiger partial charge in [0.1, 0.15) is 12.2 Å². The molecule has 19 heavy (non-hydrogen) atoms. The molecule has 1 heterocycles. The van der Waals surface area contributed by atoms with Gasteiger partial charge < -0.3 is 5.11 Å². The lowest BCUT2D eigenvalue weighted by molar-refractivity contribution is 0.161. The Morgan fingerprint density at radius 3 is 2.68 bits per heavy atom. The molecule has 2 aromatic rings. The largest absolute Gasteiger partial charge is 0.393 e. The second-order valence-electron chi connectivity index (χ2n) is 4.87. The molecule has 0 fully saturated rings. The van der Waals surface area contributed by atoms with Crippen LogP contribution in [0.4, 0.5) is 0 Å². The Balaban J connectivity index is 1.84. The standard InChI is InChI=1S/C15H21N3O/c1-3-18-15(16-11-17-18)10-14(19)9-8-13-6-4-12(2)5-7-13/h4-7,11,14,19H,3,8-10H2,1-2H3. The first-order valence-electron chi connectivity index (χ1n) is 6.79. The molecule has 0 aliphatic heterocycles. The maximum atomic E-state index is 10.1. The normalized spacial score (nSPS) is 12.6. The third kappa shape index (κ3) is 3.89. The van der Waals surface area contributed by atoms with Crippen LogP contribution in [0.5, 0.6) is 0 Å². The van der Waals surface area contributed by atoms with Gasteiger partial charge in [-0.1, -0.05) is 29.8 Å². The molecule has 0 amide bonds. The minimum Gasteiger partial charge on any atom is -0.393 e. The predicted octanol–water partition coefficient (Wildman–Crippen LogP) is 2.14. The van der Waals surface area contributed by atoms with E-state index in [1.54, 1.807) is 6.33 Å². The van der Waals surface area contributed by atoms with E-state index in [-0.39, 0.29) is 6.10 Å². The molecule has 1 unspecified atom stereocenters. The van der Waals surface area contributed by atoms with Gasteiger partial charge in [-0.05, 0) is 32.3 Å². The zero-order chi connectivity index (χ0) is 13.7. The highest BCUT2D eigenvalue weighted by atomic mass is 16.3. The van der Waals surface area contributed by atoms with Crippen LogP contribution in [0.3, 0.4) is 0 Å². The van der Waals surface area contributed by atoms with Gasteiger partial charge in [-0.25, -0.2) is 4.98 Å². The zero-order valence-electron chi connectivity index (χ0n) is 11.6. The summed E-state index contributed by atoms with van der Waals surface area (Å²) in [5.41, 5.74) is 2.53. The number of aryl methyl sites for hydroxylation is 3. The first kappa shape index (κ1) is 13.7. The van der Waals surface area contributed by atoms with E-state index in [4.69, 9.17) is 0 Å². The van der Waals surface area contributed by atoms with Crippen molar-refractivity contribution in [2.45, 2.75) is 45.8 Å². The lowest BCUT2D eigenvalue weighted by atomic mass is 10.0. The first-order valence-corrected chi connectivity index (χ1v) is 6.79. The van der Waals surface area contributed by atoms with Crippen LogP contribution in [-0.2, 0) is 19.4 Å². The van der Waals surface area contributed by atoms with Crippen molar-refractivity contribution in [2.75, 3.05) is 0 Å². The van der Waals surface area contributed by atoms with E-state index in [0.717, 1.165) is 25.2 Å². The molecular formula is C15H21N3O. The number of rotatable bonds is 6. The topological polar surface area (TPSA) is 50.9 Å². The highest BCUT2D eigenvalue weighted by Gasteiger charge is 2.10. The Morgan fingerprint density at radius 1 is 1.26 bits per heavy atom. The van der Waals surface area contributed by atoms with Gasteiger partial charge in [0, 0.05) is 13.0 Å². The van der Waals surface area contributed by atoms with Gasteiger partial charge in [-0.15, -0.1) is 0 Å². The molecule has 1 aromatic carbocycles. The van der Waals surface area contributed by atoms with Crippen LogP contribution in [0.2, 0.25) is 0 Å². The number of aliphatic hydroxyl groups excluding tert-OH is 1. The minimum atomic E-state index is -0.365. The first-order chi connectivity index (χ1) is 9.19. The summed E-state index contributed by atoms with van der Waals surface area (Å²) in [6.45, 7) is 4.90. The smallest absolute Gasteiger partial charge is 0.138 e. The van der Waals surface area contributed by atoms with E-state index in [9.17, 15) is 5.11 Å². The molecule has 0 aliphatic rings. The summed E-state index contributed by atoms with van der Waals surface area (Å²) in [7, 11) is 0. The lowest BCUT2D eigenvalue weighted by Gasteiger charge is -2.10. The Hall–Kier alpha value is -1.68. The fourth-order valence-electron chi connectivity index (χ4n) is 2.11. The molecule has 0 saturated heterocycles. The molecule has 1 atom stereocenters. The van der Waals surface area contributed by atoms with Crippen LogP contribution < -0.4 is 0 Å². The summed E-state index contributed by atoms with van der Waals surface area (Å²) in [4.78, 5) is 4.19. The number of hydrogen-bond donors (Lipinski definition) is 1. The average Bonchev–Trinajstić information content (AvgIpc) is 2.85. The van der Waals surface area contributed by atoms with Gasteiger partial charge in [-0.2, -0.15) is 5.10 Å². The van der Waals surface area contributed by atoms with Gasteiger partial charge in [0.25, 0.3) is 0 Å². The van der Waals surface area contributed by atoms with Gasteiger partial charge >= 0.3 is 0 Å². The van der Waals surface area contributed by atoms with Gasteiger partial charge in [0.05, 0.1) is 6.10 Å². The number of nitrogens with zero attached hydrogens (tertiary/aromatic N) is 3. The fourth-order valence-corrected chi connectivity index (χ4v) is 2.11. The summed E-state index contributed by atoms with van der Waals surface area (Å²) >= 11 is 0. The van der Waals surface area contributed by atoms with Crippen LogP contribution >= 0.6 is 0 Å². The molecule has 0 radical (unpaired) electrons. The fraction of sp³-hybridized carbons (Fsp3) is 0.467. The minimum absolute atomic E-state index is 0.365. The predicted molar refractivity (Wildman–Crippen MR) is 74.9 cm³/mol. The molecule has 2 rings (SSSR count). The molecule has 0 bridgehead atoms. The molecule has 0 saturated carbocycles. The van der Waals surface area contributed by atoms with Gasteiger partial charge in [-0.3, -0.25) is 4.68 Å². The Labute approximate surface area is 114 Å². The van der Waals surface area contributed by atoms with Crippen LogP contribution in [0.1, 0.15) is 30.3 Å². The van der Waals surface area contributed by atoms with Crippen molar-refractivity contribution in [3.63, 3.8) is 0 Å². The number of hydrogen-bond acceptors (Lipinski definition) is 3. The maximum absolute atomic E-state index is 10.1. The van der Waals surface area contributed by atoms with E-state index in [1.165, 1.54) is 11.1 Å². The second kappa shape index (κ2) is 6.48. The molecule has 1 N–H and O–H groups in total. The molecule has 4 nitrogen and oxygen atoms in total. The van der Waals surface area contributed by atoms with E-state index in [0.29, 0.717) is 6.42 Å². The van der Waals surface area contributed by atoms with Crippen molar-refractivity contribution in [2.24, 2.45) is 0 Å².